The van der Waals surface area contributed by atoms with Crippen LogP contribution in [0.3, 0.4) is 0 Å². The highest BCUT2D eigenvalue weighted by Crippen LogP contribution is 2.48. The van der Waals surface area contributed by atoms with Crippen molar-refractivity contribution < 1.29 is 13.9 Å². The standard InChI is InChI=1S/C19H19FN2O2/c1-4-13-16(14-7-5-6-10-21-14)17(18(23)24-3)19(2)11-12(20)8-9-15(19)22-13/h5-11,17H,4H2,1-3H3. The Morgan fingerprint density at radius 2 is 2.17 bits per heavy atom. The number of methoxy groups -OCH3 is 1. The lowest BCUT2D eigenvalue weighted by Crippen LogP contribution is -2.43. The van der Waals surface area contributed by atoms with E-state index in [9.17, 15) is 9.18 Å². The molecule has 0 spiro atoms. The van der Waals surface area contributed by atoms with Gasteiger partial charge < -0.3 is 4.74 Å². The number of carbonyl (C=O) groups excluding carboxylic acids is 1. The van der Waals surface area contributed by atoms with Gasteiger partial charge in [-0.2, -0.15) is 0 Å². The van der Waals surface area contributed by atoms with Gasteiger partial charge in [-0.05, 0) is 43.7 Å². The van der Waals surface area contributed by atoms with Crippen molar-refractivity contribution in [1.29, 1.82) is 0 Å². The quantitative estimate of drug-likeness (QED) is 0.792. The first-order valence-corrected chi connectivity index (χ1v) is 7.89. The third-order valence-electron chi connectivity index (χ3n) is 4.56. The minimum Gasteiger partial charge on any atom is -0.469 e. The number of allylic oxidation sites excluding steroid dienone is 5. The number of hydrogen-bond acceptors (Lipinski definition) is 4. The summed E-state index contributed by atoms with van der Waals surface area (Å²) in [7, 11) is 1.34. The number of pyridine rings is 1. The van der Waals surface area contributed by atoms with Crippen LogP contribution in [0.5, 0.6) is 0 Å². The van der Waals surface area contributed by atoms with E-state index in [2.05, 4.69) is 4.98 Å². The molecule has 1 aromatic rings. The molecule has 3 rings (SSSR count). The van der Waals surface area contributed by atoms with Gasteiger partial charge in [0.25, 0.3) is 0 Å². The third kappa shape index (κ3) is 2.50. The number of ether oxygens (including phenoxy) is 1. The summed E-state index contributed by atoms with van der Waals surface area (Å²) in [6.07, 6.45) is 6.76. The first-order valence-electron chi connectivity index (χ1n) is 7.89. The zero-order valence-corrected chi connectivity index (χ0v) is 13.9. The lowest BCUT2D eigenvalue weighted by Gasteiger charge is -2.40. The van der Waals surface area contributed by atoms with Crippen LogP contribution in [-0.4, -0.2) is 23.8 Å². The maximum absolute atomic E-state index is 14.0. The molecular weight excluding hydrogens is 307 g/mol. The van der Waals surface area contributed by atoms with Gasteiger partial charge in [0.15, 0.2) is 0 Å². The van der Waals surface area contributed by atoms with Gasteiger partial charge in [-0.1, -0.05) is 13.0 Å². The fraction of sp³-hybridized carbons (Fsp3) is 0.316. The van der Waals surface area contributed by atoms with Gasteiger partial charge in [0.05, 0.1) is 18.5 Å². The second kappa shape index (κ2) is 6.15. The van der Waals surface area contributed by atoms with Crippen LogP contribution in [0.2, 0.25) is 0 Å². The van der Waals surface area contributed by atoms with Crippen molar-refractivity contribution in [3.63, 3.8) is 0 Å². The summed E-state index contributed by atoms with van der Waals surface area (Å²) in [6.45, 7) is 3.79. The van der Waals surface area contributed by atoms with E-state index in [1.54, 1.807) is 12.3 Å². The molecule has 0 radical (unpaired) electrons. The number of carbonyl (C=O) groups is 1. The number of esters is 1. The minimum absolute atomic E-state index is 0.384. The van der Waals surface area contributed by atoms with Crippen LogP contribution in [0.25, 0.3) is 5.57 Å². The van der Waals surface area contributed by atoms with Gasteiger partial charge in [0.2, 0.25) is 0 Å². The van der Waals surface area contributed by atoms with Crippen LogP contribution >= 0.6 is 0 Å². The summed E-state index contributed by atoms with van der Waals surface area (Å²) < 4.78 is 19.0. The van der Waals surface area contributed by atoms with Crippen LogP contribution in [0.15, 0.2) is 59.1 Å². The Bertz CT molecular complexity index is 793. The second-order valence-electron chi connectivity index (χ2n) is 6.03. The zero-order valence-electron chi connectivity index (χ0n) is 13.9. The predicted octanol–water partition coefficient (Wildman–Crippen LogP) is 3.88. The van der Waals surface area contributed by atoms with E-state index in [0.717, 1.165) is 5.70 Å². The van der Waals surface area contributed by atoms with Crippen LogP contribution in [0.4, 0.5) is 4.39 Å². The summed E-state index contributed by atoms with van der Waals surface area (Å²) >= 11 is 0. The Hall–Kier alpha value is -2.56. The molecule has 0 amide bonds. The Balaban J connectivity index is 2.29. The monoisotopic (exact) mass is 326 g/mol. The average molecular weight is 326 g/mol. The normalized spacial score (nSPS) is 25.8. The molecule has 2 unspecified atom stereocenters. The van der Waals surface area contributed by atoms with Gasteiger partial charge in [-0.25, -0.2) is 4.39 Å². The van der Waals surface area contributed by atoms with Crippen molar-refractivity contribution in [2.45, 2.75) is 20.3 Å². The summed E-state index contributed by atoms with van der Waals surface area (Å²) in [5.74, 6) is -1.50. The van der Waals surface area contributed by atoms with E-state index >= 15 is 0 Å². The average Bonchev–Trinajstić information content (AvgIpc) is 2.59. The fourth-order valence-electron chi connectivity index (χ4n) is 3.38. The van der Waals surface area contributed by atoms with Crippen molar-refractivity contribution in [2.24, 2.45) is 16.3 Å². The molecule has 0 saturated carbocycles. The molecule has 2 atom stereocenters. The predicted molar refractivity (Wildman–Crippen MR) is 90.8 cm³/mol. The highest BCUT2D eigenvalue weighted by Gasteiger charge is 2.49. The Labute approximate surface area is 140 Å². The zero-order chi connectivity index (χ0) is 17.3. The molecule has 4 nitrogen and oxygen atoms in total. The second-order valence-corrected chi connectivity index (χ2v) is 6.03. The van der Waals surface area contributed by atoms with Crippen molar-refractivity contribution >= 4 is 17.3 Å². The Kier molecular flexibility index (Phi) is 4.18. The van der Waals surface area contributed by atoms with Crippen LogP contribution in [-0.2, 0) is 9.53 Å². The molecule has 0 saturated heterocycles. The number of halogens is 1. The number of aromatic nitrogens is 1. The molecule has 1 aliphatic heterocycles. The van der Waals surface area contributed by atoms with Crippen LogP contribution < -0.4 is 0 Å². The first-order chi connectivity index (χ1) is 11.5. The molecule has 5 heteroatoms. The van der Waals surface area contributed by atoms with E-state index in [1.165, 1.54) is 19.3 Å². The van der Waals surface area contributed by atoms with Gasteiger partial charge >= 0.3 is 5.97 Å². The summed E-state index contributed by atoms with van der Waals surface area (Å²) in [5, 5.41) is 0. The van der Waals surface area contributed by atoms with Gasteiger partial charge in [0, 0.05) is 22.9 Å². The summed E-state index contributed by atoms with van der Waals surface area (Å²) in [4.78, 5) is 21.8. The van der Waals surface area contributed by atoms with Crippen molar-refractivity contribution in [2.75, 3.05) is 7.11 Å². The minimum atomic E-state index is -0.905. The van der Waals surface area contributed by atoms with E-state index in [-0.39, 0.29) is 5.83 Å². The third-order valence-corrected chi connectivity index (χ3v) is 4.56. The molecule has 124 valence electrons. The molecule has 2 aliphatic rings. The Morgan fingerprint density at radius 3 is 2.79 bits per heavy atom. The van der Waals surface area contributed by atoms with Crippen molar-refractivity contribution in [3.05, 3.63) is 59.8 Å². The van der Waals surface area contributed by atoms with Gasteiger partial charge in [-0.3, -0.25) is 14.8 Å². The van der Waals surface area contributed by atoms with Gasteiger partial charge in [0.1, 0.15) is 11.7 Å². The highest BCUT2D eigenvalue weighted by atomic mass is 19.1. The number of hydrogen-bond donors (Lipinski definition) is 0. The number of aliphatic imine (C=N–C) groups is 1. The molecular formula is C19H19FN2O2. The van der Waals surface area contributed by atoms with Crippen LogP contribution in [0, 0.1) is 11.3 Å². The van der Waals surface area contributed by atoms with Crippen molar-refractivity contribution in [3.8, 4) is 0 Å². The number of nitrogens with zero attached hydrogens (tertiary/aromatic N) is 2. The lowest BCUT2D eigenvalue weighted by atomic mass is 9.65. The van der Waals surface area contributed by atoms with Crippen LogP contribution in [0.1, 0.15) is 26.0 Å². The number of rotatable bonds is 3. The molecule has 0 fully saturated rings. The van der Waals surface area contributed by atoms with E-state index in [4.69, 9.17) is 9.73 Å². The van der Waals surface area contributed by atoms with Crippen molar-refractivity contribution in [1.82, 2.24) is 4.98 Å². The maximum atomic E-state index is 14.0. The molecule has 1 aliphatic carbocycles. The van der Waals surface area contributed by atoms with E-state index < -0.39 is 17.3 Å². The van der Waals surface area contributed by atoms with E-state index in [0.29, 0.717) is 23.4 Å². The smallest absolute Gasteiger partial charge is 0.314 e. The summed E-state index contributed by atoms with van der Waals surface area (Å²) in [5.41, 5.74) is 1.90. The SMILES string of the molecule is CCC1=C(c2ccccn2)C(C(=O)OC)C2(C)C=C(F)C=CC2=N1. The summed E-state index contributed by atoms with van der Waals surface area (Å²) in [6, 6.07) is 5.50. The molecule has 2 heterocycles. The first kappa shape index (κ1) is 16.3. The molecule has 1 aromatic heterocycles. The van der Waals surface area contributed by atoms with Gasteiger partial charge in [-0.15, -0.1) is 0 Å². The molecule has 0 aromatic carbocycles. The fourth-order valence-corrected chi connectivity index (χ4v) is 3.38. The number of fused-ring (bicyclic) bond motifs is 1. The molecule has 0 bridgehead atoms. The maximum Gasteiger partial charge on any atom is 0.314 e. The highest BCUT2D eigenvalue weighted by molar-refractivity contribution is 6.10. The molecule has 24 heavy (non-hydrogen) atoms. The topological polar surface area (TPSA) is 51.5 Å². The lowest BCUT2D eigenvalue weighted by molar-refractivity contribution is -0.145. The van der Waals surface area contributed by atoms with E-state index in [1.807, 2.05) is 32.0 Å². The molecule has 0 N–H and O–H groups in total. The largest absolute Gasteiger partial charge is 0.469 e. The Morgan fingerprint density at radius 1 is 1.38 bits per heavy atom.